The first-order valence-electron chi connectivity index (χ1n) is 15.0. The van der Waals surface area contributed by atoms with Crippen molar-refractivity contribution in [2.24, 2.45) is 0 Å². The van der Waals surface area contributed by atoms with Gasteiger partial charge in [-0.05, 0) is 67.8 Å². The summed E-state index contributed by atoms with van der Waals surface area (Å²) in [5, 5.41) is 17.6. The standard InChI is InChI=1S/C34H45N3O5S/c1-5-6-7-8-9-12-21-37(32(40)29(23-43)36-33(41)42-34(2,3)4)30(25-16-19-28(38)20-17-25)31(39)35-27-18-15-24-13-10-11-14-26(24)22-27/h10-11,13-20,22,29-30,38,43H,5-9,12,21,23H2,1-4H3,(H,35,39)(H,36,41). The number of carbonyl (C=O) groups is 3. The van der Waals surface area contributed by atoms with Gasteiger partial charge in [0.15, 0.2) is 0 Å². The van der Waals surface area contributed by atoms with Crippen LogP contribution in [0.15, 0.2) is 66.7 Å². The van der Waals surface area contributed by atoms with Crippen molar-refractivity contribution >= 4 is 47.0 Å². The Morgan fingerprint density at radius 2 is 1.56 bits per heavy atom. The summed E-state index contributed by atoms with van der Waals surface area (Å²) in [6.07, 6.45) is 5.24. The maximum absolute atomic E-state index is 14.1. The minimum atomic E-state index is -1.03. The van der Waals surface area contributed by atoms with Crippen molar-refractivity contribution in [2.45, 2.75) is 83.9 Å². The van der Waals surface area contributed by atoms with Crippen LogP contribution in [-0.2, 0) is 14.3 Å². The second-order valence-corrected chi connectivity index (χ2v) is 12.1. The number of nitrogens with zero attached hydrogens (tertiary/aromatic N) is 1. The first kappa shape index (κ1) is 33.8. The van der Waals surface area contributed by atoms with Crippen molar-refractivity contribution in [3.8, 4) is 5.75 Å². The third-order valence-corrected chi connectivity index (χ3v) is 7.36. The molecular formula is C34H45N3O5S. The Labute approximate surface area is 260 Å². The number of hydrogen-bond donors (Lipinski definition) is 4. The largest absolute Gasteiger partial charge is 0.508 e. The lowest BCUT2D eigenvalue weighted by Gasteiger charge is -2.34. The van der Waals surface area contributed by atoms with Crippen LogP contribution in [0.4, 0.5) is 10.5 Å². The van der Waals surface area contributed by atoms with Gasteiger partial charge in [0.2, 0.25) is 5.91 Å². The summed E-state index contributed by atoms with van der Waals surface area (Å²) in [5.41, 5.74) is 0.378. The van der Waals surface area contributed by atoms with Crippen LogP contribution in [0.3, 0.4) is 0 Å². The smallest absolute Gasteiger partial charge is 0.408 e. The van der Waals surface area contributed by atoms with Gasteiger partial charge in [-0.25, -0.2) is 4.79 Å². The monoisotopic (exact) mass is 607 g/mol. The number of ether oxygens (including phenoxy) is 1. The molecule has 0 aliphatic rings. The molecular weight excluding hydrogens is 562 g/mol. The van der Waals surface area contributed by atoms with Gasteiger partial charge >= 0.3 is 6.09 Å². The lowest BCUT2D eigenvalue weighted by atomic mass is 10.0. The minimum Gasteiger partial charge on any atom is -0.508 e. The Morgan fingerprint density at radius 1 is 0.907 bits per heavy atom. The Bertz CT molecular complexity index is 1360. The molecule has 0 saturated carbocycles. The van der Waals surface area contributed by atoms with Crippen LogP contribution in [0.1, 0.15) is 77.8 Å². The van der Waals surface area contributed by atoms with E-state index in [1.165, 1.54) is 17.0 Å². The molecule has 3 amide bonds. The zero-order valence-corrected chi connectivity index (χ0v) is 26.5. The molecule has 2 unspecified atom stereocenters. The number of benzene rings is 3. The third kappa shape index (κ3) is 10.5. The minimum absolute atomic E-state index is 0.0136. The van der Waals surface area contributed by atoms with Crippen molar-refractivity contribution in [3.63, 3.8) is 0 Å². The Morgan fingerprint density at radius 3 is 2.21 bits per heavy atom. The number of nitrogens with one attached hydrogen (secondary N) is 2. The van der Waals surface area contributed by atoms with Gasteiger partial charge in [0.25, 0.3) is 5.91 Å². The van der Waals surface area contributed by atoms with Crippen LogP contribution in [0.5, 0.6) is 5.75 Å². The number of thiol groups is 1. The highest BCUT2D eigenvalue weighted by Crippen LogP contribution is 2.28. The van der Waals surface area contributed by atoms with E-state index in [0.29, 0.717) is 24.2 Å². The molecule has 9 heteroatoms. The zero-order chi connectivity index (χ0) is 31.4. The summed E-state index contributed by atoms with van der Waals surface area (Å²) < 4.78 is 5.39. The first-order valence-corrected chi connectivity index (χ1v) is 15.6. The zero-order valence-electron chi connectivity index (χ0n) is 25.6. The fraction of sp³-hybridized carbons (Fsp3) is 0.441. The molecule has 0 spiro atoms. The number of carbonyl (C=O) groups excluding carboxylic acids is 3. The summed E-state index contributed by atoms with van der Waals surface area (Å²) in [7, 11) is 0. The number of phenols is 1. The lowest BCUT2D eigenvalue weighted by Crippen LogP contribution is -2.53. The van der Waals surface area contributed by atoms with Crippen LogP contribution < -0.4 is 10.6 Å². The van der Waals surface area contributed by atoms with Gasteiger partial charge in [-0.3, -0.25) is 9.59 Å². The number of hydrogen-bond acceptors (Lipinski definition) is 6. The van der Waals surface area contributed by atoms with Crippen molar-refractivity contribution in [1.82, 2.24) is 10.2 Å². The average Bonchev–Trinajstić information content (AvgIpc) is 2.96. The maximum atomic E-state index is 14.1. The van der Waals surface area contributed by atoms with Crippen LogP contribution in [0, 0.1) is 0 Å². The molecule has 0 heterocycles. The number of fused-ring (bicyclic) bond motifs is 1. The molecule has 0 aliphatic carbocycles. The highest BCUT2D eigenvalue weighted by molar-refractivity contribution is 7.80. The van der Waals surface area contributed by atoms with E-state index in [9.17, 15) is 19.5 Å². The van der Waals surface area contributed by atoms with E-state index in [1.54, 1.807) is 32.9 Å². The van der Waals surface area contributed by atoms with Gasteiger partial charge in [0, 0.05) is 18.0 Å². The topological polar surface area (TPSA) is 108 Å². The number of amides is 3. The van der Waals surface area contributed by atoms with Crippen LogP contribution in [0.2, 0.25) is 0 Å². The number of unbranched alkanes of at least 4 members (excludes halogenated alkanes) is 5. The second kappa shape index (κ2) is 16.2. The normalized spacial score (nSPS) is 12.8. The van der Waals surface area contributed by atoms with Gasteiger partial charge in [-0.1, -0.05) is 81.5 Å². The Balaban J connectivity index is 1.95. The molecule has 3 N–H and O–H groups in total. The number of phenolic OH excluding ortho intramolecular Hbond substituents is 1. The van der Waals surface area contributed by atoms with Gasteiger partial charge in [0.05, 0.1) is 0 Å². The maximum Gasteiger partial charge on any atom is 0.408 e. The summed E-state index contributed by atoms with van der Waals surface area (Å²) >= 11 is 4.37. The van der Waals surface area contributed by atoms with Crippen LogP contribution in [0.25, 0.3) is 10.8 Å². The predicted molar refractivity (Wildman–Crippen MR) is 176 cm³/mol. The highest BCUT2D eigenvalue weighted by atomic mass is 32.1. The lowest BCUT2D eigenvalue weighted by molar-refractivity contribution is -0.140. The van der Waals surface area contributed by atoms with Crippen molar-refractivity contribution in [3.05, 3.63) is 72.3 Å². The summed E-state index contributed by atoms with van der Waals surface area (Å²) in [5.74, 6) is -0.789. The SMILES string of the molecule is CCCCCCCCN(C(=O)C(CS)NC(=O)OC(C)(C)C)C(C(=O)Nc1ccc2ccccc2c1)c1ccc(O)cc1. The molecule has 8 nitrogen and oxygen atoms in total. The van der Waals surface area contributed by atoms with E-state index in [2.05, 4.69) is 30.2 Å². The predicted octanol–water partition coefficient (Wildman–Crippen LogP) is 7.24. The molecule has 3 rings (SSSR count). The average molecular weight is 608 g/mol. The van der Waals surface area contributed by atoms with Gasteiger partial charge in [-0.2, -0.15) is 12.6 Å². The molecule has 0 saturated heterocycles. The number of aromatic hydroxyl groups is 1. The molecule has 0 aromatic heterocycles. The number of alkyl carbamates (subject to hydrolysis) is 1. The quantitative estimate of drug-likeness (QED) is 0.114. The van der Waals surface area contributed by atoms with E-state index in [-0.39, 0.29) is 11.5 Å². The van der Waals surface area contributed by atoms with E-state index < -0.39 is 35.6 Å². The van der Waals surface area contributed by atoms with E-state index >= 15 is 0 Å². The highest BCUT2D eigenvalue weighted by Gasteiger charge is 2.35. The van der Waals surface area contributed by atoms with E-state index in [0.717, 1.165) is 42.9 Å². The number of anilines is 1. The van der Waals surface area contributed by atoms with E-state index in [4.69, 9.17) is 4.74 Å². The molecule has 0 fully saturated rings. The van der Waals surface area contributed by atoms with Crippen LogP contribution in [-0.4, -0.2) is 51.9 Å². The molecule has 43 heavy (non-hydrogen) atoms. The number of rotatable bonds is 14. The van der Waals surface area contributed by atoms with Gasteiger partial charge < -0.3 is 25.4 Å². The summed E-state index contributed by atoms with van der Waals surface area (Å²) in [4.78, 5) is 42.4. The molecule has 0 bridgehead atoms. The third-order valence-electron chi connectivity index (χ3n) is 6.99. The Hall–Kier alpha value is -3.72. The van der Waals surface area contributed by atoms with E-state index in [1.807, 2.05) is 42.5 Å². The molecule has 0 aliphatic heterocycles. The summed E-state index contributed by atoms with van der Waals surface area (Å²) in [6.45, 7) is 7.68. The van der Waals surface area contributed by atoms with Gasteiger partial charge in [0.1, 0.15) is 23.4 Å². The van der Waals surface area contributed by atoms with Crippen molar-refractivity contribution in [1.29, 1.82) is 0 Å². The molecule has 232 valence electrons. The fourth-order valence-electron chi connectivity index (χ4n) is 4.87. The summed E-state index contributed by atoms with van der Waals surface area (Å²) in [6, 6.07) is 17.7. The van der Waals surface area contributed by atoms with Crippen molar-refractivity contribution < 1.29 is 24.2 Å². The molecule has 2 atom stereocenters. The van der Waals surface area contributed by atoms with Crippen molar-refractivity contribution in [2.75, 3.05) is 17.6 Å². The Kier molecular flexibility index (Phi) is 12.7. The fourth-order valence-corrected chi connectivity index (χ4v) is 5.12. The molecule has 3 aromatic carbocycles. The van der Waals surface area contributed by atoms with Crippen LogP contribution >= 0.6 is 12.6 Å². The first-order chi connectivity index (χ1) is 20.5. The van der Waals surface area contributed by atoms with Gasteiger partial charge in [-0.15, -0.1) is 0 Å². The molecule has 0 radical (unpaired) electrons. The second-order valence-electron chi connectivity index (χ2n) is 11.7. The molecule has 3 aromatic rings.